The molecule has 0 N–H and O–H groups in total. The molecule has 5 nitrogen and oxygen atoms in total. The van der Waals surface area contributed by atoms with E-state index in [9.17, 15) is 4.79 Å². The third-order valence-corrected chi connectivity index (χ3v) is 5.86. The van der Waals surface area contributed by atoms with Crippen LogP contribution in [-0.4, -0.2) is 57.5 Å². The van der Waals surface area contributed by atoms with E-state index in [1.165, 1.54) is 38.8 Å². The molecule has 0 spiro atoms. The Hall–Kier alpha value is -1.36. The molecule has 4 fully saturated rings. The molecule has 2 atom stereocenters. The molecule has 3 aliphatic heterocycles. The minimum atomic E-state index is 0.322. The first-order valence-electron chi connectivity index (χ1n) is 9.18. The summed E-state index contributed by atoms with van der Waals surface area (Å²) in [5.41, 5.74) is 0. The van der Waals surface area contributed by atoms with Crippen LogP contribution in [-0.2, 0) is 11.3 Å². The third-order valence-electron chi connectivity index (χ3n) is 5.86. The van der Waals surface area contributed by atoms with Crippen LogP contribution in [0.2, 0.25) is 0 Å². The van der Waals surface area contributed by atoms with Crippen molar-refractivity contribution in [3.8, 4) is 0 Å². The van der Waals surface area contributed by atoms with E-state index in [4.69, 9.17) is 0 Å². The van der Waals surface area contributed by atoms with E-state index in [1.54, 1.807) is 0 Å². The van der Waals surface area contributed by atoms with Gasteiger partial charge in [0.25, 0.3) is 0 Å². The number of fused-ring (bicyclic) bond motifs is 4. The fraction of sp³-hybridized carbons (Fsp3) is 0.778. The number of aryl methyl sites for hydroxylation is 2. The molecular formula is C18H28N4O. The smallest absolute Gasteiger partial charge is 0.224 e. The van der Waals surface area contributed by atoms with Gasteiger partial charge in [-0.1, -0.05) is 0 Å². The first-order valence-corrected chi connectivity index (χ1v) is 9.18. The van der Waals surface area contributed by atoms with Gasteiger partial charge in [0.15, 0.2) is 0 Å². The van der Waals surface area contributed by atoms with E-state index in [-0.39, 0.29) is 0 Å². The van der Waals surface area contributed by atoms with Crippen LogP contribution in [0.1, 0.15) is 37.9 Å². The molecule has 1 aliphatic carbocycles. The lowest BCUT2D eigenvalue weighted by molar-refractivity contribution is -0.131. The van der Waals surface area contributed by atoms with Crippen LogP contribution in [0.25, 0.3) is 0 Å². The van der Waals surface area contributed by atoms with Crippen molar-refractivity contribution in [1.29, 1.82) is 0 Å². The molecule has 23 heavy (non-hydrogen) atoms. The van der Waals surface area contributed by atoms with Crippen molar-refractivity contribution in [2.75, 3.05) is 26.2 Å². The van der Waals surface area contributed by atoms with E-state index in [0.717, 1.165) is 31.4 Å². The number of rotatable bonds is 5. The van der Waals surface area contributed by atoms with E-state index in [1.807, 2.05) is 19.3 Å². The maximum atomic E-state index is 12.7. The van der Waals surface area contributed by atoms with Crippen LogP contribution in [0.3, 0.4) is 0 Å². The Balaban J connectivity index is 1.35. The largest absolute Gasteiger partial charge is 0.341 e. The normalized spacial score (nSPS) is 28.1. The van der Waals surface area contributed by atoms with Gasteiger partial charge in [0.05, 0.1) is 0 Å². The van der Waals surface area contributed by atoms with Gasteiger partial charge in [-0.05, 0) is 44.4 Å². The summed E-state index contributed by atoms with van der Waals surface area (Å²) in [6.45, 7) is 7.15. The lowest BCUT2D eigenvalue weighted by Crippen LogP contribution is -2.45. The van der Waals surface area contributed by atoms with Gasteiger partial charge in [0.2, 0.25) is 5.91 Å². The van der Waals surface area contributed by atoms with Crippen molar-refractivity contribution in [2.45, 2.75) is 51.6 Å². The molecule has 126 valence electrons. The third kappa shape index (κ3) is 3.44. The lowest BCUT2D eigenvalue weighted by atomic mass is 9.95. The molecule has 4 aliphatic rings. The highest BCUT2D eigenvalue weighted by Crippen LogP contribution is 2.34. The van der Waals surface area contributed by atoms with Gasteiger partial charge in [-0.2, -0.15) is 0 Å². The predicted octanol–water partition coefficient (Wildman–Crippen LogP) is 1.91. The average molecular weight is 316 g/mol. The van der Waals surface area contributed by atoms with Crippen LogP contribution in [0.4, 0.5) is 0 Å². The Morgan fingerprint density at radius 3 is 2.83 bits per heavy atom. The summed E-state index contributed by atoms with van der Waals surface area (Å²) < 4.78 is 2.07. The Bertz CT molecular complexity index is 565. The highest BCUT2D eigenvalue weighted by molar-refractivity contribution is 5.76. The second-order valence-electron chi connectivity index (χ2n) is 7.71. The van der Waals surface area contributed by atoms with Crippen molar-refractivity contribution in [3.63, 3.8) is 0 Å². The molecule has 3 saturated heterocycles. The molecule has 1 aromatic heterocycles. The minimum Gasteiger partial charge on any atom is -0.341 e. The molecule has 0 unspecified atom stereocenters. The first-order chi connectivity index (χ1) is 11.2. The molecule has 5 heteroatoms. The average Bonchev–Trinajstić information content (AvgIpc) is 3.32. The second kappa shape index (κ2) is 6.27. The summed E-state index contributed by atoms with van der Waals surface area (Å²) in [6.07, 6.45) is 9.78. The number of carbonyl (C=O) groups is 1. The zero-order valence-electron chi connectivity index (χ0n) is 14.2. The number of imidazole rings is 1. The van der Waals surface area contributed by atoms with Crippen LogP contribution in [0, 0.1) is 18.8 Å². The molecule has 2 bridgehead atoms. The molecule has 4 heterocycles. The number of aromatic nitrogens is 2. The van der Waals surface area contributed by atoms with Crippen LogP contribution >= 0.6 is 0 Å². The first kappa shape index (κ1) is 15.2. The van der Waals surface area contributed by atoms with E-state index >= 15 is 0 Å². The molecular weight excluding hydrogens is 288 g/mol. The van der Waals surface area contributed by atoms with Crippen molar-refractivity contribution < 1.29 is 4.79 Å². The lowest BCUT2D eigenvalue weighted by Gasteiger charge is -2.36. The summed E-state index contributed by atoms with van der Waals surface area (Å²) in [6, 6.07) is 0.605. The Morgan fingerprint density at radius 2 is 2.09 bits per heavy atom. The van der Waals surface area contributed by atoms with E-state index in [2.05, 4.69) is 19.4 Å². The van der Waals surface area contributed by atoms with Gasteiger partial charge in [-0.3, -0.25) is 9.69 Å². The number of piperidine rings is 1. The number of amides is 1. The van der Waals surface area contributed by atoms with Crippen molar-refractivity contribution in [1.82, 2.24) is 19.4 Å². The molecule has 0 radical (unpaired) electrons. The fourth-order valence-electron chi connectivity index (χ4n) is 4.25. The highest BCUT2D eigenvalue weighted by atomic mass is 16.2. The number of nitrogens with zero attached hydrogens (tertiary/aromatic N) is 4. The number of hydrogen-bond acceptors (Lipinski definition) is 3. The topological polar surface area (TPSA) is 41.4 Å². The Kier molecular flexibility index (Phi) is 4.14. The predicted molar refractivity (Wildman–Crippen MR) is 89.0 cm³/mol. The monoisotopic (exact) mass is 316 g/mol. The van der Waals surface area contributed by atoms with Gasteiger partial charge in [-0.15, -0.1) is 0 Å². The molecule has 1 aromatic rings. The van der Waals surface area contributed by atoms with Gasteiger partial charge < -0.3 is 9.47 Å². The summed E-state index contributed by atoms with van der Waals surface area (Å²) in [7, 11) is 0. The Morgan fingerprint density at radius 1 is 1.22 bits per heavy atom. The van der Waals surface area contributed by atoms with Crippen LogP contribution in [0.15, 0.2) is 12.4 Å². The number of hydrogen-bond donors (Lipinski definition) is 0. The van der Waals surface area contributed by atoms with Crippen molar-refractivity contribution in [2.24, 2.45) is 11.8 Å². The van der Waals surface area contributed by atoms with Gasteiger partial charge in [0.1, 0.15) is 5.82 Å². The molecule has 1 saturated carbocycles. The van der Waals surface area contributed by atoms with E-state index in [0.29, 0.717) is 24.3 Å². The fourth-order valence-corrected chi connectivity index (χ4v) is 4.25. The van der Waals surface area contributed by atoms with Gasteiger partial charge >= 0.3 is 0 Å². The maximum absolute atomic E-state index is 12.7. The van der Waals surface area contributed by atoms with Gasteiger partial charge in [0, 0.05) is 57.6 Å². The standard InChI is InChI=1S/C18H28N4O/c1-14-19-7-9-20(14)8-6-18(23)22-12-16-4-5-17(13-22)21(11-16)10-15-2-3-15/h7,9,15-17H,2-6,8,10-13H2,1H3/t16-,17-/m1/s1. The summed E-state index contributed by atoms with van der Waals surface area (Å²) in [5, 5.41) is 0. The summed E-state index contributed by atoms with van der Waals surface area (Å²) >= 11 is 0. The van der Waals surface area contributed by atoms with Gasteiger partial charge in [-0.25, -0.2) is 4.98 Å². The van der Waals surface area contributed by atoms with Crippen molar-refractivity contribution >= 4 is 5.91 Å². The van der Waals surface area contributed by atoms with E-state index < -0.39 is 0 Å². The molecule has 0 aromatic carbocycles. The maximum Gasteiger partial charge on any atom is 0.224 e. The SMILES string of the molecule is Cc1nccn1CCC(=O)N1C[C@@H]2CC[C@H](C1)N(CC1CC1)C2. The molecule has 1 amide bonds. The zero-order valence-corrected chi connectivity index (χ0v) is 14.2. The quantitative estimate of drug-likeness (QED) is 0.833. The number of carbonyl (C=O) groups excluding carboxylic acids is 1. The highest BCUT2D eigenvalue weighted by Gasteiger charge is 2.38. The van der Waals surface area contributed by atoms with Crippen LogP contribution < -0.4 is 0 Å². The molecule has 5 rings (SSSR count). The van der Waals surface area contributed by atoms with Crippen molar-refractivity contribution in [3.05, 3.63) is 18.2 Å². The minimum absolute atomic E-state index is 0.322. The Labute approximate surface area is 138 Å². The second-order valence-corrected chi connectivity index (χ2v) is 7.71. The summed E-state index contributed by atoms with van der Waals surface area (Å²) in [5.74, 6) is 2.95. The van der Waals surface area contributed by atoms with Crippen LogP contribution in [0.5, 0.6) is 0 Å². The summed E-state index contributed by atoms with van der Waals surface area (Å²) in [4.78, 5) is 21.8. The zero-order chi connectivity index (χ0) is 15.8.